The molecule has 0 aromatic heterocycles. The van der Waals surface area contributed by atoms with Crippen LogP contribution in [0.5, 0.6) is 11.5 Å². The average Bonchev–Trinajstić information content (AvgIpc) is 2.83. The molecule has 0 radical (unpaired) electrons. The summed E-state index contributed by atoms with van der Waals surface area (Å²) in [7, 11) is 3.25. The van der Waals surface area contributed by atoms with Crippen LogP contribution in [-0.2, 0) is 17.8 Å². The normalized spacial score (nSPS) is 14.6. The third-order valence-corrected chi connectivity index (χ3v) is 5.77. The van der Waals surface area contributed by atoms with E-state index in [2.05, 4.69) is 15.6 Å². The van der Waals surface area contributed by atoms with Crippen molar-refractivity contribution >= 4 is 17.6 Å². The van der Waals surface area contributed by atoms with E-state index in [9.17, 15) is 4.79 Å². The van der Waals surface area contributed by atoms with Gasteiger partial charge >= 0.3 is 0 Å². The van der Waals surface area contributed by atoms with Crippen LogP contribution in [-0.4, -0.2) is 32.6 Å². The second-order valence-corrected chi connectivity index (χ2v) is 8.09. The number of benzene rings is 2. The molecule has 0 atom stereocenters. The van der Waals surface area contributed by atoms with Crippen molar-refractivity contribution in [2.45, 2.75) is 45.1 Å². The highest BCUT2D eigenvalue weighted by Gasteiger charge is 2.21. The zero-order valence-electron chi connectivity index (χ0n) is 19.0. The Kier molecular flexibility index (Phi) is 8.78. The van der Waals surface area contributed by atoms with Crippen LogP contribution in [0.1, 0.15) is 43.2 Å². The summed E-state index contributed by atoms with van der Waals surface area (Å²) in [6.07, 6.45) is 6.28. The van der Waals surface area contributed by atoms with E-state index in [-0.39, 0.29) is 11.8 Å². The smallest absolute Gasteiger partial charge is 0.227 e. The Hall–Kier alpha value is -3.22. The SMILES string of the molecule is COc1ccc(CCNC(N)=NCc2cccc(NC(=O)C3CCCCC3)c2)cc1OC. The topological polar surface area (TPSA) is 98.0 Å². The Balaban J connectivity index is 1.47. The molecule has 0 unspecified atom stereocenters. The van der Waals surface area contributed by atoms with E-state index in [0.29, 0.717) is 30.5 Å². The van der Waals surface area contributed by atoms with Crippen LogP contribution in [0.15, 0.2) is 47.5 Å². The summed E-state index contributed by atoms with van der Waals surface area (Å²) in [5.41, 5.74) is 8.95. The molecule has 1 fully saturated rings. The maximum absolute atomic E-state index is 12.5. The van der Waals surface area contributed by atoms with Gasteiger partial charge in [0.2, 0.25) is 5.91 Å². The number of amides is 1. The lowest BCUT2D eigenvalue weighted by Gasteiger charge is -2.20. The van der Waals surface area contributed by atoms with E-state index in [1.807, 2.05) is 42.5 Å². The number of hydrogen-bond acceptors (Lipinski definition) is 4. The molecule has 0 aliphatic heterocycles. The van der Waals surface area contributed by atoms with Crippen LogP contribution in [0.25, 0.3) is 0 Å². The Bertz CT molecular complexity index is 923. The number of nitrogens with two attached hydrogens (primary N) is 1. The van der Waals surface area contributed by atoms with Gasteiger partial charge in [-0.2, -0.15) is 0 Å². The quantitative estimate of drug-likeness (QED) is 0.408. The summed E-state index contributed by atoms with van der Waals surface area (Å²) in [6.45, 7) is 1.10. The number of rotatable bonds is 9. The number of carbonyl (C=O) groups excluding carboxylic acids is 1. The van der Waals surface area contributed by atoms with E-state index in [0.717, 1.165) is 48.9 Å². The number of hydrogen-bond donors (Lipinski definition) is 3. The van der Waals surface area contributed by atoms with E-state index >= 15 is 0 Å². The zero-order chi connectivity index (χ0) is 22.8. The molecule has 7 heteroatoms. The van der Waals surface area contributed by atoms with Gasteiger partial charge in [0, 0.05) is 18.2 Å². The minimum Gasteiger partial charge on any atom is -0.493 e. The van der Waals surface area contributed by atoms with Gasteiger partial charge in [0.1, 0.15) is 0 Å². The van der Waals surface area contributed by atoms with Gasteiger partial charge in [-0.1, -0.05) is 37.5 Å². The Labute approximate surface area is 190 Å². The van der Waals surface area contributed by atoms with Crippen molar-refractivity contribution in [3.05, 3.63) is 53.6 Å². The molecule has 4 N–H and O–H groups in total. The van der Waals surface area contributed by atoms with Gasteiger partial charge in [0.05, 0.1) is 20.8 Å². The second kappa shape index (κ2) is 12.0. The van der Waals surface area contributed by atoms with Crippen LogP contribution in [0.2, 0.25) is 0 Å². The van der Waals surface area contributed by atoms with Crippen molar-refractivity contribution < 1.29 is 14.3 Å². The molecule has 1 amide bonds. The molecule has 0 spiro atoms. The van der Waals surface area contributed by atoms with E-state index < -0.39 is 0 Å². The second-order valence-electron chi connectivity index (χ2n) is 8.09. The fourth-order valence-electron chi connectivity index (χ4n) is 3.96. The van der Waals surface area contributed by atoms with Crippen LogP contribution < -0.4 is 25.8 Å². The predicted molar refractivity (Wildman–Crippen MR) is 128 cm³/mol. The molecule has 2 aromatic carbocycles. The standard InChI is InChI=1S/C25H34N4O3/c1-31-22-12-11-18(16-23(22)32-2)13-14-27-25(26)28-17-19-7-6-10-21(15-19)29-24(30)20-8-4-3-5-9-20/h6-7,10-12,15-16,20H,3-5,8-9,13-14,17H2,1-2H3,(H,29,30)(H3,26,27,28). The molecule has 172 valence electrons. The molecule has 0 heterocycles. The molecular formula is C25H34N4O3. The van der Waals surface area contributed by atoms with Gasteiger partial charge in [-0.05, 0) is 54.7 Å². The fourth-order valence-corrected chi connectivity index (χ4v) is 3.96. The lowest BCUT2D eigenvalue weighted by atomic mass is 9.88. The highest BCUT2D eigenvalue weighted by Crippen LogP contribution is 2.27. The molecule has 1 aliphatic carbocycles. The van der Waals surface area contributed by atoms with Gasteiger partial charge in [0.25, 0.3) is 0 Å². The summed E-state index contributed by atoms with van der Waals surface area (Å²) in [6, 6.07) is 13.6. The molecule has 0 saturated heterocycles. The molecule has 0 bridgehead atoms. The first-order valence-corrected chi connectivity index (χ1v) is 11.2. The lowest BCUT2D eigenvalue weighted by Crippen LogP contribution is -2.33. The third kappa shape index (κ3) is 6.90. The van der Waals surface area contributed by atoms with E-state index in [1.165, 1.54) is 6.42 Å². The molecular weight excluding hydrogens is 404 g/mol. The van der Waals surface area contributed by atoms with Crippen molar-refractivity contribution in [3.63, 3.8) is 0 Å². The highest BCUT2D eigenvalue weighted by atomic mass is 16.5. The summed E-state index contributed by atoms with van der Waals surface area (Å²) in [4.78, 5) is 16.9. The average molecular weight is 439 g/mol. The number of methoxy groups -OCH3 is 2. The number of aliphatic imine (C=N–C) groups is 1. The summed E-state index contributed by atoms with van der Waals surface area (Å²) in [5, 5.41) is 6.20. The molecule has 3 rings (SSSR count). The highest BCUT2D eigenvalue weighted by molar-refractivity contribution is 5.92. The van der Waals surface area contributed by atoms with Crippen LogP contribution in [0.4, 0.5) is 5.69 Å². The Morgan fingerprint density at radius 3 is 2.56 bits per heavy atom. The van der Waals surface area contributed by atoms with Gasteiger partial charge in [-0.3, -0.25) is 4.79 Å². The Morgan fingerprint density at radius 2 is 1.81 bits per heavy atom. The first kappa shape index (κ1) is 23.4. The summed E-state index contributed by atoms with van der Waals surface area (Å²) >= 11 is 0. The molecule has 1 aliphatic rings. The molecule has 7 nitrogen and oxygen atoms in total. The molecule has 32 heavy (non-hydrogen) atoms. The van der Waals surface area contributed by atoms with Crippen molar-refractivity contribution in [1.29, 1.82) is 0 Å². The van der Waals surface area contributed by atoms with Crippen molar-refractivity contribution in [1.82, 2.24) is 5.32 Å². The summed E-state index contributed by atoms with van der Waals surface area (Å²) in [5.74, 6) is 2.07. The van der Waals surface area contributed by atoms with E-state index in [1.54, 1.807) is 14.2 Å². The number of carbonyl (C=O) groups is 1. The maximum Gasteiger partial charge on any atom is 0.227 e. The fraction of sp³-hybridized carbons (Fsp3) is 0.440. The first-order valence-electron chi connectivity index (χ1n) is 11.2. The van der Waals surface area contributed by atoms with Crippen LogP contribution >= 0.6 is 0 Å². The molecule has 1 saturated carbocycles. The minimum absolute atomic E-state index is 0.127. The minimum atomic E-state index is 0.127. The van der Waals surface area contributed by atoms with Crippen LogP contribution in [0.3, 0.4) is 0 Å². The monoisotopic (exact) mass is 438 g/mol. The van der Waals surface area contributed by atoms with Crippen molar-refractivity contribution in [2.75, 3.05) is 26.1 Å². The number of ether oxygens (including phenoxy) is 2. The van der Waals surface area contributed by atoms with Gasteiger partial charge in [-0.15, -0.1) is 0 Å². The van der Waals surface area contributed by atoms with E-state index in [4.69, 9.17) is 15.2 Å². The first-order chi connectivity index (χ1) is 15.6. The third-order valence-electron chi connectivity index (χ3n) is 5.77. The van der Waals surface area contributed by atoms with Crippen molar-refractivity contribution in [2.24, 2.45) is 16.6 Å². The number of nitrogens with zero attached hydrogens (tertiary/aromatic N) is 1. The van der Waals surface area contributed by atoms with Gasteiger partial charge < -0.3 is 25.8 Å². The zero-order valence-corrected chi connectivity index (χ0v) is 19.0. The largest absolute Gasteiger partial charge is 0.493 e. The van der Waals surface area contributed by atoms with Gasteiger partial charge in [0.15, 0.2) is 17.5 Å². The maximum atomic E-state index is 12.5. The van der Waals surface area contributed by atoms with Crippen LogP contribution in [0, 0.1) is 5.92 Å². The Morgan fingerprint density at radius 1 is 1.03 bits per heavy atom. The summed E-state index contributed by atoms with van der Waals surface area (Å²) < 4.78 is 10.6. The molecule has 2 aromatic rings. The number of anilines is 1. The number of nitrogens with one attached hydrogen (secondary N) is 2. The number of guanidine groups is 1. The van der Waals surface area contributed by atoms with Gasteiger partial charge in [-0.25, -0.2) is 4.99 Å². The van der Waals surface area contributed by atoms with Crippen molar-refractivity contribution in [3.8, 4) is 11.5 Å². The predicted octanol–water partition coefficient (Wildman–Crippen LogP) is 3.87. The lowest BCUT2D eigenvalue weighted by molar-refractivity contribution is -0.120.